The molecule has 1 aromatic carbocycles. The summed E-state index contributed by atoms with van der Waals surface area (Å²) in [5.41, 5.74) is 0. The minimum atomic E-state index is -2.33. The second-order valence-electron chi connectivity index (χ2n) is 4.71. The van der Waals surface area contributed by atoms with Crippen molar-refractivity contribution in [3.8, 4) is 0 Å². The summed E-state index contributed by atoms with van der Waals surface area (Å²) in [5, 5.41) is 1.33. The average Bonchev–Trinajstić information content (AvgIpc) is 2.68. The second kappa shape index (κ2) is 4.12. The molecule has 2 rings (SSSR count). The first-order chi connectivity index (χ1) is 7.06. The summed E-state index contributed by atoms with van der Waals surface area (Å²) in [7, 11) is 0. The summed E-state index contributed by atoms with van der Waals surface area (Å²) in [5.74, 6) is 0. The van der Waals surface area contributed by atoms with Crippen LogP contribution in [0.15, 0.2) is 30.3 Å². The van der Waals surface area contributed by atoms with Gasteiger partial charge in [0.15, 0.2) is 0 Å². The van der Waals surface area contributed by atoms with Crippen molar-refractivity contribution in [2.45, 2.75) is 37.6 Å². The van der Waals surface area contributed by atoms with E-state index in [1.807, 2.05) is 18.2 Å². The Bertz CT molecular complexity index is 329. The van der Waals surface area contributed by atoms with Crippen LogP contribution in [-0.4, -0.2) is 6.69 Å². The van der Waals surface area contributed by atoms with Crippen molar-refractivity contribution >= 4 is 34.0 Å². The Morgan fingerprint density at radius 3 is 2.13 bits per heavy atom. The van der Waals surface area contributed by atoms with Crippen LogP contribution in [0.2, 0.25) is 5.04 Å². The Hall–Kier alpha value is 0.0169. The molecule has 82 valence electrons. The van der Waals surface area contributed by atoms with E-state index in [-0.39, 0.29) is 5.04 Å². The normalized spacial score (nSPS) is 20.5. The molecular weight excluding hydrogens is 243 g/mol. The van der Waals surface area contributed by atoms with Gasteiger partial charge in [0.2, 0.25) is 0 Å². The highest BCUT2D eigenvalue weighted by Gasteiger charge is 2.51. The molecule has 0 spiro atoms. The third-order valence-corrected chi connectivity index (χ3v) is 10.7. The lowest BCUT2D eigenvalue weighted by molar-refractivity contribution is 0.627. The molecule has 0 unspecified atom stereocenters. The predicted molar refractivity (Wildman–Crippen MR) is 70.4 cm³/mol. The molecule has 0 atom stereocenters. The number of benzene rings is 1. The van der Waals surface area contributed by atoms with E-state index in [0.717, 1.165) is 5.19 Å². The van der Waals surface area contributed by atoms with E-state index in [0.29, 0.717) is 0 Å². The lowest BCUT2D eigenvalue weighted by Gasteiger charge is -2.35. The minimum absolute atomic E-state index is 0.164. The molecular formula is C12H16Cl2Si. The van der Waals surface area contributed by atoms with Gasteiger partial charge >= 0.3 is 0 Å². The van der Waals surface area contributed by atoms with Crippen LogP contribution in [0.25, 0.3) is 0 Å². The number of hydrogen-bond acceptors (Lipinski definition) is 0. The Balaban J connectivity index is 2.34. The molecule has 1 aliphatic rings. The van der Waals surface area contributed by atoms with Crippen LogP contribution in [0.5, 0.6) is 0 Å². The third-order valence-electron chi connectivity index (χ3n) is 3.60. The highest BCUT2D eigenvalue weighted by atomic mass is 35.7. The Kier molecular flexibility index (Phi) is 3.16. The molecule has 1 saturated carbocycles. The quantitative estimate of drug-likeness (QED) is 0.553. The number of halogens is 2. The molecule has 3 heteroatoms. The molecule has 0 bridgehead atoms. The summed E-state index contributed by atoms with van der Waals surface area (Å²) in [4.78, 5) is 0. The highest BCUT2D eigenvalue weighted by molar-refractivity contribution is 7.52. The van der Waals surface area contributed by atoms with E-state index in [1.165, 1.54) is 25.7 Å². The van der Waals surface area contributed by atoms with Crippen molar-refractivity contribution < 1.29 is 0 Å². The van der Waals surface area contributed by atoms with Crippen molar-refractivity contribution in [3.63, 3.8) is 0 Å². The fraction of sp³-hybridized carbons (Fsp3) is 0.500. The van der Waals surface area contributed by atoms with E-state index in [2.05, 4.69) is 19.1 Å². The van der Waals surface area contributed by atoms with Crippen LogP contribution in [0.3, 0.4) is 0 Å². The smallest absolute Gasteiger partial charge is 0.139 e. The van der Waals surface area contributed by atoms with E-state index in [4.69, 9.17) is 22.2 Å². The Morgan fingerprint density at radius 1 is 1.07 bits per heavy atom. The Labute approximate surface area is 102 Å². The van der Waals surface area contributed by atoms with Crippen LogP contribution in [0, 0.1) is 0 Å². The van der Waals surface area contributed by atoms with E-state index < -0.39 is 6.69 Å². The maximum absolute atomic E-state index is 6.71. The largest absolute Gasteiger partial charge is 0.286 e. The summed E-state index contributed by atoms with van der Waals surface area (Å²) in [6.45, 7) is -0.0630. The predicted octanol–water partition coefficient (Wildman–Crippen LogP) is 4.15. The summed E-state index contributed by atoms with van der Waals surface area (Å²) in [6.07, 6.45) is 4.91. The molecule has 1 aliphatic carbocycles. The van der Waals surface area contributed by atoms with Crippen molar-refractivity contribution in [1.82, 2.24) is 0 Å². The number of hydrogen-bond donors (Lipinski definition) is 0. The monoisotopic (exact) mass is 258 g/mol. The van der Waals surface area contributed by atoms with Crippen molar-refractivity contribution in [2.24, 2.45) is 0 Å². The van der Waals surface area contributed by atoms with Crippen molar-refractivity contribution in [1.29, 1.82) is 0 Å². The van der Waals surface area contributed by atoms with E-state index >= 15 is 0 Å². The van der Waals surface area contributed by atoms with E-state index in [1.54, 1.807) is 0 Å². The van der Waals surface area contributed by atoms with Crippen LogP contribution in [-0.2, 0) is 0 Å². The molecule has 0 N–H and O–H groups in total. The molecule has 0 amide bonds. The van der Waals surface area contributed by atoms with Gasteiger partial charge in [-0.15, -0.1) is 22.2 Å². The van der Waals surface area contributed by atoms with Gasteiger partial charge in [0.1, 0.15) is 0 Å². The van der Waals surface area contributed by atoms with Crippen LogP contribution in [0.4, 0.5) is 0 Å². The van der Waals surface area contributed by atoms with Crippen LogP contribution < -0.4 is 5.19 Å². The molecule has 0 nitrogen and oxygen atoms in total. The lowest BCUT2D eigenvalue weighted by Crippen LogP contribution is -2.46. The van der Waals surface area contributed by atoms with Crippen molar-refractivity contribution in [3.05, 3.63) is 30.3 Å². The molecule has 1 aromatic rings. The van der Waals surface area contributed by atoms with Crippen molar-refractivity contribution in [2.75, 3.05) is 0 Å². The third kappa shape index (κ3) is 1.97. The molecule has 15 heavy (non-hydrogen) atoms. The zero-order valence-electron chi connectivity index (χ0n) is 8.97. The van der Waals surface area contributed by atoms with Gasteiger partial charge in [0, 0.05) is 0 Å². The molecule has 0 saturated heterocycles. The van der Waals surface area contributed by atoms with Gasteiger partial charge < -0.3 is 0 Å². The summed E-state index contributed by atoms with van der Waals surface area (Å²) >= 11 is 13.4. The van der Waals surface area contributed by atoms with Gasteiger partial charge in [-0.3, -0.25) is 0 Å². The average molecular weight is 259 g/mol. The van der Waals surface area contributed by atoms with Gasteiger partial charge in [-0.25, -0.2) is 0 Å². The summed E-state index contributed by atoms with van der Waals surface area (Å²) in [6, 6.07) is 10.2. The van der Waals surface area contributed by atoms with Crippen LogP contribution >= 0.6 is 22.2 Å². The topological polar surface area (TPSA) is 0 Å². The van der Waals surface area contributed by atoms with Gasteiger partial charge in [0.25, 0.3) is 6.69 Å². The zero-order chi connectivity index (χ0) is 10.9. The first kappa shape index (κ1) is 11.5. The maximum atomic E-state index is 6.71. The molecule has 0 heterocycles. The maximum Gasteiger partial charge on any atom is 0.286 e. The number of rotatable bonds is 2. The summed E-state index contributed by atoms with van der Waals surface area (Å²) < 4.78 is 0. The van der Waals surface area contributed by atoms with Gasteiger partial charge in [-0.2, -0.15) is 0 Å². The fourth-order valence-corrected chi connectivity index (χ4v) is 6.64. The zero-order valence-corrected chi connectivity index (χ0v) is 11.5. The second-order valence-corrected chi connectivity index (χ2v) is 11.6. The van der Waals surface area contributed by atoms with Gasteiger partial charge in [-0.05, 0) is 23.1 Å². The van der Waals surface area contributed by atoms with Gasteiger partial charge in [-0.1, -0.05) is 50.1 Å². The van der Waals surface area contributed by atoms with Gasteiger partial charge in [0.05, 0.1) is 0 Å². The molecule has 0 radical (unpaired) electrons. The standard InChI is InChI=1S/C12H16Cl2Si/c1-12(9-5-6-10-12)15(13,14)11-7-3-2-4-8-11/h2-4,7-8H,5-6,9-10H2,1H3. The Morgan fingerprint density at radius 2 is 1.60 bits per heavy atom. The van der Waals surface area contributed by atoms with E-state index in [9.17, 15) is 0 Å². The first-order valence-corrected chi connectivity index (χ1v) is 9.52. The highest BCUT2D eigenvalue weighted by Crippen LogP contribution is 2.54. The fourth-order valence-electron chi connectivity index (χ4n) is 2.47. The first-order valence-electron chi connectivity index (χ1n) is 5.50. The lowest BCUT2D eigenvalue weighted by atomic mass is 10.1. The minimum Gasteiger partial charge on any atom is -0.139 e. The molecule has 0 aromatic heterocycles. The molecule has 0 aliphatic heterocycles. The molecule has 1 fully saturated rings. The van der Waals surface area contributed by atoms with Crippen LogP contribution in [0.1, 0.15) is 32.6 Å². The SMILES string of the molecule is CC1([Si](Cl)(Cl)c2ccccc2)CCCC1.